The number of benzene rings is 2. The molecule has 0 aromatic heterocycles. The molecular formula is C23H26NNaO4. The van der Waals surface area contributed by atoms with Gasteiger partial charge in [0, 0.05) is 5.92 Å². The van der Waals surface area contributed by atoms with Crippen molar-refractivity contribution in [3.05, 3.63) is 59.7 Å². The van der Waals surface area contributed by atoms with E-state index in [1.807, 2.05) is 36.4 Å². The van der Waals surface area contributed by atoms with E-state index in [0.717, 1.165) is 22.3 Å². The molecule has 1 unspecified atom stereocenters. The number of carboxylic acids is 1. The number of esters is 1. The summed E-state index contributed by atoms with van der Waals surface area (Å²) in [5.41, 5.74) is 10.0. The minimum atomic E-state index is -1.24. The van der Waals surface area contributed by atoms with Gasteiger partial charge in [0.05, 0.1) is 13.0 Å². The van der Waals surface area contributed by atoms with Gasteiger partial charge in [0.2, 0.25) is 0 Å². The molecule has 2 aliphatic carbocycles. The Labute approximate surface area is 194 Å². The van der Waals surface area contributed by atoms with Gasteiger partial charge in [0.25, 0.3) is 0 Å². The molecule has 0 saturated heterocycles. The topological polar surface area (TPSA) is 89.6 Å². The van der Waals surface area contributed by atoms with Crippen LogP contribution in [0.1, 0.15) is 44.2 Å². The third-order valence-corrected chi connectivity index (χ3v) is 6.60. The van der Waals surface area contributed by atoms with Crippen LogP contribution in [0.5, 0.6) is 0 Å². The molecule has 0 bridgehead atoms. The summed E-state index contributed by atoms with van der Waals surface area (Å²) in [7, 11) is 1.37. The largest absolute Gasteiger partial charge is 1.00 e. The van der Waals surface area contributed by atoms with Crippen LogP contribution in [0.3, 0.4) is 0 Å². The fourth-order valence-corrected chi connectivity index (χ4v) is 5.19. The van der Waals surface area contributed by atoms with Crippen LogP contribution in [-0.4, -0.2) is 29.7 Å². The number of carboxylic acid groups (broad SMARTS) is 1. The van der Waals surface area contributed by atoms with Gasteiger partial charge in [-0.3, -0.25) is 9.59 Å². The molecule has 2 aromatic carbocycles. The molecule has 0 heterocycles. The van der Waals surface area contributed by atoms with E-state index in [9.17, 15) is 14.7 Å². The summed E-state index contributed by atoms with van der Waals surface area (Å²) in [4.78, 5) is 24.5. The Kier molecular flexibility index (Phi) is 6.54. The molecule has 3 N–H and O–H groups in total. The molecule has 0 aliphatic heterocycles. The first kappa shape index (κ1) is 22.0. The SMILES string of the molecule is COC(=O)C(N)(C1CCC(C(=O)O)CC1)C1c2ccccc2-c2ccccc21.[H-].[Na+]. The second-order valence-electron chi connectivity index (χ2n) is 7.92. The molecule has 5 nitrogen and oxygen atoms in total. The summed E-state index contributed by atoms with van der Waals surface area (Å²) in [5, 5.41) is 9.33. The number of carbonyl (C=O) groups is 2. The van der Waals surface area contributed by atoms with Crippen LogP contribution in [0.4, 0.5) is 0 Å². The third-order valence-electron chi connectivity index (χ3n) is 6.60. The maximum Gasteiger partial charge on any atom is 1.00 e. The molecule has 1 saturated carbocycles. The molecule has 6 heteroatoms. The number of rotatable bonds is 4. The van der Waals surface area contributed by atoms with Gasteiger partial charge in [-0.25, -0.2) is 0 Å². The summed E-state index contributed by atoms with van der Waals surface area (Å²) in [6.07, 6.45) is 2.27. The van der Waals surface area contributed by atoms with E-state index in [2.05, 4.69) is 12.1 Å². The normalized spacial score (nSPS) is 22.6. The van der Waals surface area contributed by atoms with Crippen molar-refractivity contribution in [3.8, 4) is 11.1 Å². The van der Waals surface area contributed by atoms with Crippen LogP contribution >= 0.6 is 0 Å². The molecule has 0 radical (unpaired) electrons. The molecule has 2 aromatic rings. The number of carbonyl (C=O) groups excluding carboxylic acids is 1. The monoisotopic (exact) mass is 403 g/mol. The van der Waals surface area contributed by atoms with E-state index in [-0.39, 0.29) is 48.7 Å². The van der Waals surface area contributed by atoms with E-state index < -0.39 is 17.5 Å². The van der Waals surface area contributed by atoms with Gasteiger partial charge in [-0.1, -0.05) is 48.5 Å². The molecule has 1 fully saturated rings. The van der Waals surface area contributed by atoms with Gasteiger partial charge < -0.3 is 17.0 Å². The molecule has 148 valence electrons. The van der Waals surface area contributed by atoms with Crippen LogP contribution in [0.15, 0.2) is 48.5 Å². The molecule has 2 aliphatic rings. The molecule has 0 spiro atoms. The maximum atomic E-state index is 13.1. The first-order valence-corrected chi connectivity index (χ1v) is 9.76. The smallest absolute Gasteiger partial charge is 1.00 e. The number of aliphatic carboxylic acids is 1. The summed E-state index contributed by atoms with van der Waals surface area (Å²) in [6, 6.07) is 16.1. The number of hydrogen-bond acceptors (Lipinski definition) is 4. The van der Waals surface area contributed by atoms with Crippen molar-refractivity contribution in [2.24, 2.45) is 17.6 Å². The van der Waals surface area contributed by atoms with Crippen LogP contribution in [-0.2, 0) is 14.3 Å². The predicted octanol–water partition coefficient (Wildman–Crippen LogP) is 0.677. The summed E-state index contributed by atoms with van der Waals surface area (Å²) in [5.74, 6) is -2.00. The Morgan fingerprint density at radius 1 is 1.00 bits per heavy atom. The molecule has 4 rings (SSSR count). The van der Waals surface area contributed by atoms with Crippen molar-refractivity contribution in [3.63, 3.8) is 0 Å². The fraction of sp³-hybridized carbons (Fsp3) is 0.391. The first-order valence-electron chi connectivity index (χ1n) is 9.76. The van der Waals surface area contributed by atoms with E-state index in [0.29, 0.717) is 25.7 Å². The van der Waals surface area contributed by atoms with Crippen molar-refractivity contribution >= 4 is 11.9 Å². The number of nitrogens with two attached hydrogens (primary N) is 1. The first-order chi connectivity index (χ1) is 13.5. The van der Waals surface area contributed by atoms with E-state index in [1.54, 1.807) is 0 Å². The van der Waals surface area contributed by atoms with Crippen molar-refractivity contribution in [1.29, 1.82) is 0 Å². The van der Waals surface area contributed by atoms with Crippen LogP contribution < -0.4 is 35.3 Å². The molecular weight excluding hydrogens is 377 g/mol. The number of fused-ring (bicyclic) bond motifs is 3. The Morgan fingerprint density at radius 3 is 1.93 bits per heavy atom. The van der Waals surface area contributed by atoms with Crippen molar-refractivity contribution in [1.82, 2.24) is 0 Å². The van der Waals surface area contributed by atoms with Crippen LogP contribution in [0, 0.1) is 11.8 Å². The van der Waals surface area contributed by atoms with Crippen LogP contribution in [0.25, 0.3) is 11.1 Å². The van der Waals surface area contributed by atoms with Crippen molar-refractivity contribution in [2.75, 3.05) is 7.11 Å². The summed E-state index contributed by atoms with van der Waals surface area (Å²) < 4.78 is 5.21. The van der Waals surface area contributed by atoms with Gasteiger partial charge in [-0.05, 0) is 53.9 Å². The number of ether oxygens (including phenoxy) is 1. The average Bonchev–Trinajstić information content (AvgIpc) is 3.07. The standard InChI is InChI=1S/C23H25NO4.Na.H/c1-28-22(27)23(24,15-12-10-14(11-13-15)21(25)26)20-18-8-4-2-6-16(18)17-7-3-5-9-19(17)20;;/h2-9,14-15,20H,10-13,24H2,1H3,(H,25,26);;/q;+1;-1. The van der Waals surface area contributed by atoms with Crippen molar-refractivity contribution in [2.45, 2.75) is 37.1 Å². The van der Waals surface area contributed by atoms with E-state index >= 15 is 0 Å². The molecule has 0 amide bonds. The molecule has 1 atom stereocenters. The average molecular weight is 403 g/mol. The van der Waals surface area contributed by atoms with Gasteiger partial charge in [0.15, 0.2) is 0 Å². The third kappa shape index (κ3) is 3.55. The van der Waals surface area contributed by atoms with E-state index in [1.165, 1.54) is 7.11 Å². The van der Waals surface area contributed by atoms with E-state index in [4.69, 9.17) is 10.5 Å². The second kappa shape index (κ2) is 8.60. The second-order valence-corrected chi connectivity index (χ2v) is 7.92. The quantitative estimate of drug-likeness (QED) is 0.579. The zero-order valence-corrected chi connectivity index (χ0v) is 18.9. The Hall–Kier alpha value is -1.66. The van der Waals surface area contributed by atoms with Gasteiger partial charge in [-0.2, -0.15) is 0 Å². The summed E-state index contributed by atoms with van der Waals surface area (Å²) >= 11 is 0. The van der Waals surface area contributed by atoms with Gasteiger partial charge in [-0.15, -0.1) is 0 Å². The number of methoxy groups -OCH3 is 1. The minimum Gasteiger partial charge on any atom is -1.00 e. The molecule has 29 heavy (non-hydrogen) atoms. The zero-order valence-electron chi connectivity index (χ0n) is 17.9. The minimum absolute atomic E-state index is 0. The maximum absolute atomic E-state index is 13.1. The summed E-state index contributed by atoms with van der Waals surface area (Å²) in [6.45, 7) is 0. The zero-order chi connectivity index (χ0) is 19.9. The van der Waals surface area contributed by atoms with Crippen LogP contribution in [0.2, 0.25) is 0 Å². The predicted molar refractivity (Wildman–Crippen MR) is 107 cm³/mol. The Morgan fingerprint density at radius 2 is 1.48 bits per heavy atom. The fourth-order valence-electron chi connectivity index (χ4n) is 5.19. The number of hydrogen-bond donors (Lipinski definition) is 2. The van der Waals surface area contributed by atoms with Gasteiger partial charge >= 0.3 is 41.5 Å². The Balaban J connectivity index is 0.00000160. The van der Waals surface area contributed by atoms with Crippen molar-refractivity contribution < 1.29 is 50.4 Å². The Bertz CT molecular complexity index is 883. The van der Waals surface area contributed by atoms with Gasteiger partial charge in [0.1, 0.15) is 5.54 Å².